The smallest absolute Gasteiger partial charge is 0.0151 e. The summed E-state index contributed by atoms with van der Waals surface area (Å²) in [5.74, 6) is 1.40. The molecule has 0 aromatic carbocycles. The molecule has 12 heavy (non-hydrogen) atoms. The lowest BCUT2D eigenvalue weighted by atomic mass is 9.58. The Kier molecular flexibility index (Phi) is 1.25. The van der Waals surface area contributed by atoms with Crippen molar-refractivity contribution < 1.29 is 0 Å². The summed E-state index contributed by atoms with van der Waals surface area (Å²) >= 11 is 0. The standard InChI is InChI=1S/C10H16N2/c11-9-7-1-3-10(4-2-7)6-12-5-8(9)10/h1,3,7-9,12H,2,4-6,11H2. The van der Waals surface area contributed by atoms with Crippen LogP contribution in [0.25, 0.3) is 0 Å². The zero-order valence-electron chi connectivity index (χ0n) is 7.29. The van der Waals surface area contributed by atoms with Gasteiger partial charge < -0.3 is 11.1 Å². The highest BCUT2D eigenvalue weighted by atomic mass is 15.0. The Bertz CT molecular complexity index is 236. The van der Waals surface area contributed by atoms with Crippen LogP contribution in [0.4, 0.5) is 0 Å². The summed E-state index contributed by atoms with van der Waals surface area (Å²) in [6.07, 6.45) is 7.47. The van der Waals surface area contributed by atoms with Gasteiger partial charge in [0.05, 0.1) is 0 Å². The second-order valence-corrected chi connectivity index (χ2v) is 4.61. The molecule has 0 radical (unpaired) electrons. The number of fused-ring (bicyclic) bond motifs is 1. The molecule has 0 amide bonds. The first-order valence-corrected chi connectivity index (χ1v) is 4.97. The summed E-state index contributed by atoms with van der Waals surface area (Å²) in [5.41, 5.74) is 6.66. The third-order valence-corrected chi connectivity index (χ3v) is 4.13. The van der Waals surface area contributed by atoms with Gasteiger partial charge in [-0.15, -0.1) is 0 Å². The lowest BCUT2D eigenvalue weighted by molar-refractivity contribution is 0.129. The van der Waals surface area contributed by atoms with E-state index in [4.69, 9.17) is 5.73 Å². The predicted octanol–water partition coefficient (Wildman–Crippen LogP) is 0.499. The average molecular weight is 164 g/mol. The minimum atomic E-state index is 0.429. The molecule has 3 N–H and O–H groups in total. The van der Waals surface area contributed by atoms with Gasteiger partial charge in [0.1, 0.15) is 0 Å². The highest BCUT2D eigenvalue weighted by Crippen LogP contribution is 2.50. The van der Waals surface area contributed by atoms with Crippen LogP contribution >= 0.6 is 0 Å². The molecule has 66 valence electrons. The molecule has 0 aromatic heterocycles. The maximum atomic E-state index is 6.21. The van der Waals surface area contributed by atoms with Gasteiger partial charge in [0.2, 0.25) is 0 Å². The molecule has 2 nitrogen and oxygen atoms in total. The van der Waals surface area contributed by atoms with Crippen LogP contribution in [0.2, 0.25) is 0 Å². The van der Waals surface area contributed by atoms with E-state index >= 15 is 0 Å². The summed E-state index contributed by atoms with van der Waals surface area (Å²) in [6, 6.07) is 0.429. The van der Waals surface area contributed by atoms with E-state index in [1.165, 1.54) is 12.8 Å². The molecule has 2 fully saturated rings. The Hall–Kier alpha value is -0.340. The molecule has 1 aliphatic heterocycles. The highest BCUT2D eigenvalue weighted by molar-refractivity contribution is 5.21. The lowest BCUT2D eigenvalue weighted by Gasteiger charge is -2.47. The zero-order chi connectivity index (χ0) is 8.18. The first kappa shape index (κ1) is 7.10. The first-order valence-electron chi connectivity index (χ1n) is 4.97. The Labute approximate surface area is 73.2 Å². The van der Waals surface area contributed by atoms with E-state index in [1.54, 1.807) is 0 Å². The van der Waals surface area contributed by atoms with Crippen LogP contribution in [0, 0.1) is 17.3 Å². The van der Waals surface area contributed by atoms with Crippen molar-refractivity contribution >= 4 is 0 Å². The van der Waals surface area contributed by atoms with Crippen LogP contribution in [0.1, 0.15) is 12.8 Å². The second-order valence-electron chi connectivity index (χ2n) is 4.61. The van der Waals surface area contributed by atoms with Gasteiger partial charge in [0, 0.05) is 24.5 Å². The number of rotatable bonds is 0. The van der Waals surface area contributed by atoms with Crippen molar-refractivity contribution in [1.29, 1.82) is 0 Å². The Morgan fingerprint density at radius 2 is 2.42 bits per heavy atom. The molecule has 3 aliphatic carbocycles. The summed E-state index contributed by atoms with van der Waals surface area (Å²) < 4.78 is 0. The number of hydrogen-bond acceptors (Lipinski definition) is 2. The van der Waals surface area contributed by atoms with Crippen LogP contribution < -0.4 is 11.1 Å². The molecular weight excluding hydrogens is 148 g/mol. The number of hydrogen-bond donors (Lipinski definition) is 2. The van der Waals surface area contributed by atoms with Gasteiger partial charge >= 0.3 is 0 Å². The van der Waals surface area contributed by atoms with E-state index in [2.05, 4.69) is 17.5 Å². The van der Waals surface area contributed by atoms with Crippen LogP contribution in [0.3, 0.4) is 0 Å². The Morgan fingerprint density at radius 1 is 1.50 bits per heavy atom. The summed E-state index contributed by atoms with van der Waals surface area (Å²) in [4.78, 5) is 0. The van der Waals surface area contributed by atoms with Gasteiger partial charge in [-0.05, 0) is 24.7 Å². The van der Waals surface area contributed by atoms with E-state index in [9.17, 15) is 0 Å². The fourth-order valence-corrected chi connectivity index (χ4v) is 3.32. The van der Waals surface area contributed by atoms with Crippen molar-refractivity contribution in [3.8, 4) is 0 Å². The minimum absolute atomic E-state index is 0.429. The predicted molar refractivity (Wildman–Crippen MR) is 48.6 cm³/mol. The third kappa shape index (κ3) is 0.679. The molecule has 2 heteroatoms. The minimum Gasteiger partial charge on any atom is -0.327 e. The van der Waals surface area contributed by atoms with Crippen molar-refractivity contribution in [2.24, 2.45) is 23.0 Å². The molecule has 2 bridgehead atoms. The van der Waals surface area contributed by atoms with Crippen molar-refractivity contribution in [1.82, 2.24) is 5.32 Å². The molecule has 4 atom stereocenters. The summed E-state index contributed by atoms with van der Waals surface area (Å²) in [6.45, 7) is 2.30. The van der Waals surface area contributed by atoms with Gasteiger partial charge in [-0.1, -0.05) is 12.2 Å². The second kappa shape index (κ2) is 2.12. The number of nitrogens with two attached hydrogens (primary N) is 1. The fourth-order valence-electron chi connectivity index (χ4n) is 3.32. The Balaban J connectivity index is 2.06. The third-order valence-electron chi connectivity index (χ3n) is 4.13. The van der Waals surface area contributed by atoms with Crippen LogP contribution in [0.5, 0.6) is 0 Å². The van der Waals surface area contributed by atoms with Gasteiger partial charge in [-0.3, -0.25) is 0 Å². The van der Waals surface area contributed by atoms with Gasteiger partial charge in [0.15, 0.2) is 0 Å². The van der Waals surface area contributed by atoms with E-state index in [-0.39, 0.29) is 0 Å². The van der Waals surface area contributed by atoms with E-state index in [0.29, 0.717) is 17.4 Å². The first-order chi connectivity index (χ1) is 5.82. The van der Waals surface area contributed by atoms with Gasteiger partial charge in [0.25, 0.3) is 0 Å². The van der Waals surface area contributed by atoms with Crippen molar-refractivity contribution in [3.63, 3.8) is 0 Å². The normalized spacial score (nSPS) is 55.9. The molecule has 4 unspecified atom stereocenters. The topological polar surface area (TPSA) is 38.0 Å². The zero-order valence-corrected chi connectivity index (χ0v) is 7.29. The Morgan fingerprint density at radius 3 is 3.08 bits per heavy atom. The fraction of sp³-hybridized carbons (Fsp3) is 0.800. The van der Waals surface area contributed by atoms with E-state index < -0.39 is 0 Å². The van der Waals surface area contributed by atoms with Crippen LogP contribution in [0.15, 0.2) is 12.2 Å². The maximum Gasteiger partial charge on any atom is 0.0151 e. The van der Waals surface area contributed by atoms with Crippen LogP contribution in [-0.4, -0.2) is 19.1 Å². The van der Waals surface area contributed by atoms with Crippen molar-refractivity contribution in [2.45, 2.75) is 18.9 Å². The monoisotopic (exact) mass is 164 g/mol. The number of nitrogens with one attached hydrogen (secondary N) is 1. The highest BCUT2D eigenvalue weighted by Gasteiger charge is 2.51. The van der Waals surface area contributed by atoms with Gasteiger partial charge in [-0.25, -0.2) is 0 Å². The van der Waals surface area contributed by atoms with E-state index in [1.807, 2.05) is 0 Å². The molecule has 4 rings (SSSR count). The van der Waals surface area contributed by atoms with Crippen molar-refractivity contribution in [3.05, 3.63) is 12.2 Å². The molecular formula is C10H16N2. The lowest BCUT2D eigenvalue weighted by Crippen LogP contribution is -2.52. The van der Waals surface area contributed by atoms with Crippen molar-refractivity contribution in [2.75, 3.05) is 13.1 Å². The molecule has 1 heterocycles. The summed E-state index contributed by atoms with van der Waals surface area (Å²) in [7, 11) is 0. The molecule has 4 aliphatic rings. The maximum absolute atomic E-state index is 6.21. The molecule has 1 spiro atoms. The quantitative estimate of drug-likeness (QED) is 0.512. The molecule has 1 saturated carbocycles. The largest absolute Gasteiger partial charge is 0.327 e. The van der Waals surface area contributed by atoms with Crippen LogP contribution in [-0.2, 0) is 0 Å². The molecule has 1 saturated heterocycles. The van der Waals surface area contributed by atoms with E-state index in [0.717, 1.165) is 19.0 Å². The van der Waals surface area contributed by atoms with Gasteiger partial charge in [-0.2, -0.15) is 0 Å². The average Bonchev–Trinajstić information content (AvgIpc) is 2.51. The summed E-state index contributed by atoms with van der Waals surface area (Å²) in [5, 5.41) is 3.48. The SMILES string of the molecule is NC1C2C=CC3(CC2)CNCC13. The molecule has 0 aromatic rings.